The normalized spacial score (nSPS) is 13.1. The van der Waals surface area contributed by atoms with Gasteiger partial charge >= 0.3 is 0 Å². The third kappa shape index (κ3) is 8.50. The van der Waals surface area contributed by atoms with Crippen molar-refractivity contribution in [1.82, 2.24) is 10.2 Å². The van der Waals surface area contributed by atoms with E-state index in [4.69, 9.17) is 11.6 Å². The molecule has 7 nitrogen and oxygen atoms in total. The number of hydrogen-bond donors (Lipinski definition) is 1. The van der Waals surface area contributed by atoms with E-state index >= 15 is 0 Å². The molecule has 0 spiro atoms. The van der Waals surface area contributed by atoms with Gasteiger partial charge in [0.15, 0.2) is 0 Å². The molecule has 0 unspecified atom stereocenters. The van der Waals surface area contributed by atoms with Gasteiger partial charge in [-0.2, -0.15) is 0 Å². The first-order valence-electron chi connectivity index (χ1n) is 11.5. The van der Waals surface area contributed by atoms with E-state index in [-0.39, 0.29) is 43.8 Å². The summed E-state index contributed by atoms with van der Waals surface area (Å²) in [7, 11) is -3.64. The SMILES string of the molecule is CC[C@H](C)NC(=O)[C@@H](C)N(Cc1ccccc1Cl)C(=O)CCCN(c1ccc(F)cc1)S(C)(=O)=O. The highest BCUT2D eigenvalue weighted by atomic mass is 35.5. The summed E-state index contributed by atoms with van der Waals surface area (Å²) < 4.78 is 39.0. The first-order chi connectivity index (χ1) is 16.4. The molecule has 0 radical (unpaired) electrons. The lowest BCUT2D eigenvalue weighted by molar-refractivity contribution is -0.140. The van der Waals surface area contributed by atoms with Gasteiger partial charge in [0.1, 0.15) is 11.9 Å². The van der Waals surface area contributed by atoms with Crippen LogP contribution < -0.4 is 9.62 Å². The second-order valence-corrected chi connectivity index (χ2v) is 10.8. The molecule has 0 aromatic heterocycles. The average molecular weight is 526 g/mol. The van der Waals surface area contributed by atoms with Gasteiger partial charge in [0.05, 0.1) is 11.9 Å². The number of halogens is 2. The molecule has 0 fully saturated rings. The van der Waals surface area contributed by atoms with Crippen molar-refractivity contribution in [2.24, 2.45) is 0 Å². The largest absolute Gasteiger partial charge is 0.352 e. The Morgan fingerprint density at radius 2 is 1.71 bits per heavy atom. The Morgan fingerprint density at radius 1 is 1.09 bits per heavy atom. The fraction of sp³-hybridized carbons (Fsp3) is 0.440. The zero-order valence-electron chi connectivity index (χ0n) is 20.5. The molecule has 10 heteroatoms. The van der Waals surface area contributed by atoms with Crippen molar-refractivity contribution in [2.75, 3.05) is 17.1 Å². The fourth-order valence-corrected chi connectivity index (χ4v) is 4.63. The molecule has 2 amide bonds. The molecule has 2 aromatic rings. The van der Waals surface area contributed by atoms with Crippen LogP contribution in [0, 0.1) is 5.82 Å². The molecule has 192 valence electrons. The predicted molar refractivity (Wildman–Crippen MR) is 137 cm³/mol. The molecule has 0 saturated carbocycles. The van der Waals surface area contributed by atoms with E-state index < -0.39 is 21.9 Å². The second kappa shape index (κ2) is 12.9. The van der Waals surface area contributed by atoms with E-state index in [1.807, 2.05) is 13.8 Å². The minimum atomic E-state index is -3.64. The van der Waals surface area contributed by atoms with E-state index in [9.17, 15) is 22.4 Å². The Balaban J connectivity index is 2.18. The zero-order valence-corrected chi connectivity index (χ0v) is 22.1. The van der Waals surface area contributed by atoms with Gasteiger partial charge in [-0.1, -0.05) is 36.7 Å². The van der Waals surface area contributed by atoms with Crippen molar-refractivity contribution < 1.29 is 22.4 Å². The molecule has 0 saturated heterocycles. The standard InChI is InChI=1S/C25H33ClFN3O4S/c1-5-18(2)28-25(32)19(3)29(17-20-9-6-7-10-23(20)26)24(31)11-8-16-30(35(4,33)34)22-14-12-21(27)13-15-22/h6-7,9-10,12-15,18-19H,5,8,11,16-17H2,1-4H3,(H,28,32)/t18-,19+/m0/s1. The Kier molecular flexibility index (Phi) is 10.5. The number of carbonyl (C=O) groups is 2. The first kappa shape index (κ1) is 28.6. The number of amides is 2. The monoisotopic (exact) mass is 525 g/mol. The highest BCUT2D eigenvalue weighted by molar-refractivity contribution is 7.92. The molecular formula is C25H33ClFN3O4S. The fourth-order valence-electron chi connectivity index (χ4n) is 3.47. The molecule has 0 bridgehead atoms. The summed E-state index contributed by atoms with van der Waals surface area (Å²) in [6.45, 7) is 5.68. The van der Waals surface area contributed by atoms with Crippen LogP contribution in [-0.4, -0.2) is 50.0 Å². The zero-order chi connectivity index (χ0) is 26.2. The number of sulfonamides is 1. The molecule has 2 atom stereocenters. The number of nitrogens with zero attached hydrogens (tertiary/aromatic N) is 2. The van der Waals surface area contributed by atoms with Crippen LogP contribution in [-0.2, 0) is 26.2 Å². The van der Waals surface area contributed by atoms with Crippen molar-refractivity contribution in [3.05, 3.63) is 64.9 Å². The van der Waals surface area contributed by atoms with E-state index in [1.165, 1.54) is 29.2 Å². The van der Waals surface area contributed by atoms with Gasteiger partial charge in [-0.05, 0) is 62.6 Å². The van der Waals surface area contributed by atoms with Gasteiger partial charge in [0, 0.05) is 30.6 Å². The first-order valence-corrected chi connectivity index (χ1v) is 13.7. The molecule has 0 aliphatic carbocycles. The highest BCUT2D eigenvalue weighted by Crippen LogP contribution is 2.21. The van der Waals surface area contributed by atoms with E-state index in [1.54, 1.807) is 31.2 Å². The molecule has 0 aliphatic rings. The smallest absolute Gasteiger partial charge is 0.242 e. The maximum absolute atomic E-state index is 13.3. The molecule has 2 aromatic carbocycles. The number of hydrogen-bond acceptors (Lipinski definition) is 4. The Labute approximate surface area is 212 Å². The summed E-state index contributed by atoms with van der Waals surface area (Å²) in [5, 5.41) is 3.39. The number of rotatable bonds is 12. The third-order valence-electron chi connectivity index (χ3n) is 5.73. The van der Waals surface area contributed by atoms with Crippen LogP contribution in [0.25, 0.3) is 0 Å². The molecule has 2 rings (SSSR count). The Bertz CT molecular complexity index is 1110. The van der Waals surface area contributed by atoms with Crippen molar-refractivity contribution >= 4 is 39.1 Å². The minimum Gasteiger partial charge on any atom is -0.352 e. The number of nitrogens with one attached hydrogen (secondary N) is 1. The molecule has 35 heavy (non-hydrogen) atoms. The van der Waals surface area contributed by atoms with Crippen LogP contribution in [0.2, 0.25) is 5.02 Å². The van der Waals surface area contributed by atoms with Crippen molar-refractivity contribution in [1.29, 1.82) is 0 Å². The van der Waals surface area contributed by atoms with Crippen LogP contribution in [0.1, 0.15) is 45.6 Å². The topological polar surface area (TPSA) is 86.8 Å². The van der Waals surface area contributed by atoms with Crippen LogP contribution in [0.15, 0.2) is 48.5 Å². The third-order valence-corrected chi connectivity index (χ3v) is 7.30. The van der Waals surface area contributed by atoms with Gasteiger partial charge in [0.25, 0.3) is 0 Å². The van der Waals surface area contributed by atoms with E-state index in [0.717, 1.165) is 17.0 Å². The van der Waals surface area contributed by atoms with Crippen LogP contribution in [0.5, 0.6) is 0 Å². The average Bonchev–Trinajstić information content (AvgIpc) is 2.80. The second-order valence-electron chi connectivity index (χ2n) is 8.52. The van der Waals surface area contributed by atoms with Crippen molar-refractivity contribution in [2.45, 2.75) is 58.7 Å². The number of carbonyl (C=O) groups excluding carboxylic acids is 2. The molecule has 1 N–H and O–H groups in total. The Morgan fingerprint density at radius 3 is 2.29 bits per heavy atom. The predicted octanol–water partition coefficient (Wildman–Crippen LogP) is 4.36. The minimum absolute atomic E-state index is 0.0125. The summed E-state index contributed by atoms with van der Waals surface area (Å²) in [6.07, 6.45) is 2.03. The molecule has 0 heterocycles. The van der Waals surface area contributed by atoms with Gasteiger partial charge in [-0.25, -0.2) is 12.8 Å². The molecule has 0 aliphatic heterocycles. The van der Waals surface area contributed by atoms with Gasteiger partial charge < -0.3 is 10.2 Å². The molecular weight excluding hydrogens is 493 g/mol. The summed E-state index contributed by atoms with van der Waals surface area (Å²) in [6, 6.07) is 11.4. The van der Waals surface area contributed by atoms with Gasteiger partial charge in [0.2, 0.25) is 21.8 Å². The summed E-state index contributed by atoms with van der Waals surface area (Å²) in [4.78, 5) is 27.5. The summed E-state index contributed by atoms with van der Waals surface area (Å²) in [5.41, 5.74) is 1.02. The van der Waals surface area contributed by atoms with Gasteiger partial charge in [-0.3, -0.25) is 13.9 Å². The quantitative estimate of drug-likeness (QED) is 0.446. The van der Waals surface area contributed by atoms with Crippen molar-refractivity contribution in [3.63, 3.8) is 0 Å². The number of anilines is 1. The lowest BCUT2D eigenvalue weighted by Crippen LogP contribution is -2.49. The highest BCUT2D eigenvalue weighted by Gasteiger charge is 2.27. The van der Waals surface area contributed by atoms with Crippen LogP contribution in [0.3, 0.4) is 0 Å². The lowest BCUT2D eigenvalue weighted by atomic mass is 10.1. The van der Waals surface area contributed by atoms with E-state index in [0.29, 0.717) is 16.3 Å². The lowest BCUT2D eigenvalue weighted by Gasteiger charge is -2.30. The van der Waals surface area contributed by atoms with Crippen molar-refractivity contribution in [3.8, 4) is 0 Å². The van der Waals surface area contributed by atoms with Crippen LogP contribution in [0.4, 0.5) is 10.1 Å². The van der Waals surface area contributed by atoms with Gasteiger partial charge in [-0.15, -0.1) is 0 Å². The van der Waals surface area contributed by atoms with E-state index in [2.05, 4.69) is 5.32 Å². The van der Waals surface area contributed by atoms with Crippen LogP contribution >= 0.6 is 11.6 Å². The maximum Gasteiger partial charge on any atom is 0.242 e. The maximum atomic E-state index is 13.3. The number of benzene rings is 2. The summed E-state index contributed by atoms with van der Waals surface area (Å²) >= 11 is 6.30. The Hall–Kier alpha value is -2.65. The summed E-state index contributed by atoms with van der Waals surface area (Å²) in [5.74, 6) is -1.05.